The summed E-state index contributed by atoms with van der Waals surface area (Å²) in [5.74, 6) is 1.64. The zero-order chi connectivity index (χ0) is 19.9. The van der Waals surface area contributed by atoms with Crippen LogP contribution in [0.2, 0.25) is 0 Å². The normalized spacial score (nSPS) is 21.7. The van der Waals surface area contributed by atoms with Gasteiger partial charge in [-0.2, -0.15) is 0 Å². The number of sulfonamides is 1. The Labute approximate surface area is 163 Å². The lowest BCUT2D eigenvalue weighted by Gasteiger charge is -2.39. The lowest BCUT2D eigenvalue weighted by Crippen LogP contribution is -2.49. The van der Waals surface area contributed by atoms with Crippen molar-refractivity contribution >= 4 is 16.0 Å². The average Bonchev–Trinajstić information content (AvgIpc) is 3.19. The van der Waals surface area contributed by atoms with Crippen LogP contribution in [0.1, 0.15) is 39.7 Å². The molecule has 2 atom stereocenters. The fourth-order valence-corrected chi connectivity index (χ4v) is 4.21. The Morgan fingerprint density at radius 1 is 1.41 bits per heavy atom. The first-order chi connectivity index (χ1) is 12.9. The lowest BCUT2D eigenvalue weighted by atomic mass is 9.93. The Bertz CT molecular complexity index is 689. The molecule has 0 spiro atoms. The molecule has 0 bridgehead atoms. The molecule has 1 aromatic rings. The van der Waals surface area contributed by atoms with Crippen molar-refractivity contribution in [3.8, 4) is 0 Å². The number of rotatable bonds is 8. The number of hydrogen-bond acceptors (Lipinski definition) is 4. The third-order valence-electron chi connectivity index (χ3n) is 5.19. The summed E-state index contributed by atoms with van der Waals surface area (Å²) < 4.78 is 27.2. The van der Waals surface area contributed by atoms with E-state index >= 15 is 0 Å². The quantitative estimate of drug-likeness (QED) is 0.407. The van der Waals surface area contributed by atoms with Gasteiger partial charge in [0.1, 0.15) is 0 Å². The summed E-state index contributed by atoms with van der Waals surface area (Å²) in [6, 6.07) is 0.380. The molecular formula is C18H34N6O2S. The molecule has 0 aromatic carbocycles. The summed E-state index contributed by atoms with van der Waals surface area (Å²) in [6.45, 7) is 9.80. The molecule has 0 radical (unpaired) electrons. The van der Waals surface area contributed by atoms with Crippen LogP contribution in [0, 0.1) is 5.92 Å². The molecule has 1 aliphatic heterocycles. The molecule has 1 aliphatic rings. The van der Waals surface area contributed by atoms with E-state index in [2.05, 4.69) is 33.6 Å². The van der Waals surface area contributed by atoms with E-state index in [4.69, 9.17) is 4.99 Å². The van der Waals surface area contributed by atoms with Gasteiger partial charge in [-0.3, -0.25) is 4.99 Å². The Balaban J connectivity index is 1.96. The minimum absolute atomic E-state index is 0.136. The molecule has 1 fully saturated rings. The first-order valence-corrected chi connectivity index (χ1v) is 11.4. The van der Waals surface area contributed by atoms with E-state index in [1.165, 1.54) is 4.31 Å². The van der Waals surface area contributed by atoms with Crippen molar-refractivity contribution in [2.75, 3.05) is 45.5 Å². The fraction of sp³-hybridized carbons (Fsp3) is 0.778. The lowest BCUT2D eigenvalue weighted by molar-refractivity contribution is 0.189. The SMILES string of the molecule is CCNC(=NCCCN(C)S(=O)(=O)CC)N1CCC(C)C(n2ccnc2)C1. The maximum absolute atomic E-state index is 11.8. The van der Waals surface area contributed by atoms with E-state index in [-0.39, 0.29) is 5.75 Å². The fourth-order valence-electron chi connectivity index (χ4n) is 3.36. The van der Waals surface area contributed by atoms with Gasteiger partial charge in [-0.1, -0.05) is 6.92 Å². The molecular weight excluding hydrogens is 364 g/mol. The van der Waals surface area contributed by atoms with Gasteiger partial charge in [0.25, 0.3) is 0 Å². The molecule has 0 saturated carbocycles. The number of imidazole rings is 1. The monoisotopic (exact) mass is 398 g/mol. The van der Waals surface area contributed by atoms with Crippen LogP contribution in [-0.2, 0) is 10.0 Å². The van der Waals surface area contributed by atoms with Crippen molar-refractivity contribution in [1.29, 1.82) is 0 Å². The molecule has 154 valence electrons. The molecule has 1 N–H and O–H groups in total. The van der Waals surface area contributed by atoms with E-state index < -0.39 is 10.0 Å². The second-order valence-electron chi connectivity index (χ2n) is 7.10. The third kappa shape index (κ3) is 5.93. The van der Waals surface area contributed by atoms with E-state index in [0.29, 0.717) is 31.5 Å². The predicted molar refractivity (Wildman–Crippen MR) is 109 cm³/mol. The number of piperidine rings is 1. The van der Waals surface area contributed by atoms with Crippen LogP contribution in [0.4, 0.5) is 0 Å². The molecule has 2 unspecified atom stereocenters. The molecule has 8 nitrogen and oxygen atoms in total. The van der Waals surface area contributed by atoms with Crippen molar-refractivity contribution in [2.24, 2.45) is 10.9 Å². The molecule has 2 rings (SSSR count). The Hall–Kier alpha value is -1.61. The number of aromatic nitrogens is 2. The molecule has 0 aliphatic carbocycles. The number of likely N-dealkylation sites (tertiary alicyclic amines) is 1. The van der Waals surface area contributed by atoms with Crippen LogP contribution in [0.3, 0.4) is 0 Å². The average molecular weight is 399 g/mol. The number of nitrogens with one attached hydrogen (secondary N) is 1. The first kappa shape index (κ1) is 21.7. The molecule has 9 heteroatoms. The van der Waals surface area contributed by atoms with Crippen molar-refractivity contribution in [1.82, 2.24) is 24.1 Å². The van der Waals surface area contributed by atoms with Crippen LogP contribution in [0.15, 0.2) is 23.7 Å². The van der Waals surface area contributed by atoms with Crippen molar-refractivity contribution < 1.29 is 8.42 Å². The van der Waals surface area contributed by atoms with E-state index in [1.807, 2.05) is 18.7 Å². The highest BCUT2D eigenvalue weighted by atomic mass is 32.2. The van der Waals surface area contributed by atoms with Crippen molar-refractivity contribution in [2.45, 2.75) is 39.7 Å². The number of guanidine groups is 1. The first-order valence-electron chi connectivity index (χ1n) is 9.83. The molecule has 1 saturated heterocycles. The minimum atomic E-state index is -3.12. The standard InChI is InChI=1S/C18H34N6O2S/c1-5-20-18(21-9-7-11-22(4)27(25,26)6-2)23-12-8-16(3)17(14-23)24-13-10-19-15-24/h10,13,15-17H,5-9,11-12,14H2,1-4H3,(H,20,21). The summed E-state index contributed by atoms with van der Waals surface area (Å²) in [5, 5.41) is 3.38. The van der Waals surface area contributed by atoms with E-state index in [9.17, 15) is 8.42 Å². The highest BCUT2D eigenvalue weighted by Gasteiger charge is 2.28. The number of nitrogens with zero attached hydrogens (tertiary/aromatic N) is 5. The Kier molecular flexibility index (Phi) is 8.09. The van der Waals surface area contributed by atoms with Gasteiger partial charge in [-0.05, 0) is 32.6 Å². The number of hydrogen-bond donors (Lipinski definition) is 1. The van der Waals surface area contributed by atoms with Gasteiger partial charge in [0.15, 0.2) is 5.96 Å². The van der Waals surface area contributed by atoms with Gasteiger partial charge in [0.05, 0.1) is 18.1 Å². The number of aliphatic imine (C=N–C) groups is 1. The van der Waals surface area contributed by atoms with Gasteiger partial charge in [0, 0.05) is 52.2 Å². The summed E-state index contributed by atoms with van der Waals surface area (Å²) in [5.41, 5.74) is 0. The van der Waals surface area contributed by atoms with Gasteiger partial charge >= 0.3 is 0 Å². The largest absolute Gasteiger partial charge is 0.357 e. The summed E-state index contributed by atoms with van der Waals surface area (Å²) >= 11 is 0. The summed E-state index contributed by atoms with van der Waals surface area (Å²) in [4.78, 5) is 11.2. The molecule has 1 aromatic heterocycles. The van der Waals surface area contributed by atoms with E-state index in [1.54, 1.807) is 14.0 Å². The van der Waals surface area contributed by atoms with Crippen LogP contribution in [-0.4, -0.2) is 78.7 Å². The molecule has 2 heterocycles. The van der Waals surface area contributed by atoms with Crippen LogP contribution in [0.25, 0.3) is 0 Å². The van der Waals surface area contributed by atoms with Gasteiger partial charge in [-0.25, -0.2) is 17.7 Å². The summed E-state index contributed by atoms with van der Waals surface area (Å²) in [7, 11) is -1.48. The van der Waals surface area contributed by atoms with Crippen LogP contribution in [0.5, 0.6) is 0 Å². The highest BCUT2D eigenvalue weighted by molar-refractivity contribution is 7.89. The highest BCUT2D eigenvalue weighted by Crippen LogP contribution is 2.27. The topological polar surface area (TPSA) is 82.8 Å². The van der Waals surface area contributed by atoms with Crippen molar-refractivity contribution in [3.05, 3.63) is 18.7 Å². The van der Waals surface area contributed by atoms with Crippen molar-refractivity contribution in [3.63, 3.8) is 0 Å². The Morgan fingerprint density at radius 3 is 2.81 bits per heavy atom. The zero-order valence-corrected chi connectivity index (χ0v) is 17.8. The minimum Gasteiger partial charge on any atom is -0.357 e. The smallest absolute Gasteiger partial charge is 0.213 e. The molecule has 0 amide bonds. The third-order valence-corrected chi connectivity index (χ3v) is 7.06. The van der Waals surface area contributed by atoms with Gasteiger partial charge in [0.2, 0.25) is 10.0 Å². The zero-order valence-electron chi connectivity index (χ0n) is 17.0. The van der Waals surface area contributed by atoms with Crippen LogP contribution >= 0.6 is 0 Å². The Morgan fingerprint density at radius 2 is 2.19 bits per heavy atom. The second-order valence-corrected chi connectivity index (χ2v) is 9.47. The molecule has 27 heavy (non-hydrogen) atoms. The van der Waals surface area contributed by atoms with E-state index in [0.717, 1.165) is 32.0 Å². The maximum atomic E-state index is 11.8. The predicted octanol–water partition coefficient (Wildman–Crippen LogP) is 1.40. The maximum Gasteiger partial charge on any atom is 0.213 e. The van der Waals surface area contributed by atoms with Crippen LogP contribution < -0.4 is 5.32 Å². The summed E-state index contributed by atoms with van der Waals surface area (Å²) in [6.07, 6.45) is 7.55. The van der Waals surface area contributed by atoms with Gasteiger partial charge < -0.3 is 14.8 Å². The van der Waals surface area contributed by atoms with Gasteiger partial charge in [-0.15, -0.1) is 0 Å². The second kappa shape index (κ2) is 10.1.